The first-order chi connectivity index (χ1) is 15.1. The van der Waals surface area contributed by atoms with E-state index in [0.29, 0.717) is 11.1 Å². The Morgan fingerprint density at radius 1 is 0.750 bits per heavy atom. The minimum absolute atomic E-state index is 0.0661. The van der Waals surface area contributed by atoms with Crippen molar-refractivity contribution in [3.63, 3.8) is 0 Å². The van der Waals surface area contributed by atoms with Crippen molar-refractivity contribution in [2.45, 2.75) is 11.6 Å². The van der Waals surface area contributed by atoms with Gasteiger partial charge in [-0.15, -0.1) is 0 Å². The van der Waals surface area contributed by atoms with Crippen molar-refractivity contribution >= 4 is 21.9 Å². The molecule has 1 aliphatic heterocycles. The first kappa shape index (κ1) is 21.6. The van der Waals surface area contributed by atoms with Gasteiger partial charge in [0.25, 0.3) is 11.8 Å². The van der Waals surface area contributed by atoms with E-state index < -0.39 is 39.2 Å². The maximum absolute atomic E-state index is 13.2. The molecule has 1 heterocycles. The molecule has 6 nitrogen and oxygen atoms in total. The normalized spacial score (nSPS) is 14.1. The number of carbonyl (C=O) groups excluding carboxylic acids is 2. The SMILES string of the molecule is O=C1c2ccc(OS(=O)(=O)C(F)(F)F)cc2C(=O)N1C(c1ccccc1)c1ccccc1. The van der Waals surface area contributed by atoms with Crippen LogP contribution in [0.25, 0.3) is 0 Å². The smallest absolute Gasteiger partial charge is 0.376 e. The van der Waals surface area contributed by atoms with Crippen LogP contribution in [0.1, 0.15) is 37.9 Å². The molecule has 3 aromatic carbocycles. The van der Waals surface area contributed by atoms with Gasteiger partial charge in [0.2, 0.25) is 0 Å². The van der Waals surface area contributed by atoms with Gasteiger partial charge in [0.15, 0.2) is 0 Å². The predicted molar refractivity (Wildman–Crippen MR) is 107 cm³/mol. The molecule has 0 aliphatic carbocycles. The molecular weight excluding hydrogens is 447 g/mol. The van der Waals surface area contributed by atoms with E-state index in [-0.39, 0.29) is 11.1 Å². The van der Waals surface area contributed by atoms with Crippen LogP contribution in [0.4, 0.5) is 13.2 Å². The first-order valence-electron chi connectivity index (χ1n) is 9.23. The monoisotopic (exact) mass is 461 g/mol. The number of carbonyl (C=O) groups is 2. The molecule has 0 aromatic heterocycles. The Bertz CT molecular complexity index is 1250. The lowest BCUT2D eigenvalue weighted by Crippen LogP contribution is -2.34. The minimum Gasteiger partial charge on any atom is -0.376 e. The fraction of sp³-hybridized carbons (Fsp3) is 0.0909. The van der Waals surface area contributed by atoms with Gasteiger partial charge in [0.05, 0.1) is 17.2 Å². The molecule has 0 fully saturated rings. The lowest BCUT2D eigenvalue weighted by molar-refractivity contribution is -0.0500. The van der Waals surface area contributed by atoms with Gasteiger partial charge in [-0.3, -0.25) is 14.5 Å². The number of fused-ring (bicyclic) bond motifs is 1. The molecule has 1 aliphatic rings. The van der Waals surface area contributed by atoms with Crippen LogP contribution in [0.3, 0.4) is 0 Å². The maximum atomic E-state index is 13.2. The number of amides is 2. The Kier molecular flexibility index (Phi) is 5.25. The second kappa shape index (κ2) is 7.79. The number of hydrogen-bond donors (Lipinski definition) is 0. The second-order valence-corrected chi connectivity index (χ2v) is 8.43. The van der Waals surface area contributed by atoms with Crippen molar-refractivity contribution in [1.82, 2.24) is 4.90 Å². The molecule has 164 valence electrons. The van der Waals surface area contributed by atoms with Gasteiger partial charge in [0.1, 0.15) is 5.75 Å². The molecule has 0 atom stereocenters. The van der Waals surface area contributed by atoms with E-state index >= 15 is 0 Å². The van der Waals surface area contributed by atoms with Crippen LogP contribution in [-0.4, -0.2) is 30.6 Å². The summed E-state index contributed by atoms with van der Waals surface area (Å²) in [4.78, 5) is 27.3. The second-order valence-electron chi connectivity index (χ2n) is 6.89. The average molecular weight is 461 g/mol. The molecule has 0 spiro atoms. The summed E-state index contributed by atoms with van der Waals surface area (Å²) in [6.45, 7) is 0. The van der Waals surface area contributed by atoms with E-state index in [9.17, 15) is 31.2 Å². The summed E-state index contributed by atoms with van der Waals surface area (Å²) in [5.41, 5.74) is -4.66. The van der Waals surface area contributed by atoms with Crippen molar-refractivity contribution in [2.75, 3.05) is 0 Å². The summed E-state index contributed by atoms with van der Waals surface area (Å²) in [7, 11) is -5.92. The van der Waals surface area contributed by atoms with E-state index in [4.69, 9.17) is 0 Å². The molecule has 10 heteroatoms. The number of hydrogen-bond acceptors (Lipinski definition) is 5. The van der Waals surface area contributed by atoms with Crippen LogP contribution in [0.2, 0.25) is 0 Å². The number of imide groups is 1. The van der Waals surface area contributed by atoms with Crippen molar-refractivity contribution in [1.29, 1.82) is 0 Å². The van der Waals surface area contributed by atoms with Crippen molar-refractivity contribution < 1.29 is 35.4 Å². The summed E-state index contributed by atoms with van der Waals surface area (Å²) in [6.07, 6.45) is 0. The molecule has 0 radical (unpaired) electrons. The maximum Gasteiger partial charge on any atom is 0.534 e. The highest BCUT2D eigenvalue weighted by Crippen LogP contribution is 2.37. The molecule has 2 amide bonds. The van der Waals surface area contributed by atoms with E-state index in [0.717, 1.165) is 23.1 Å². The van der Waals surface area contributed by atoms with Crippen LogP contribution < -0.4 is 4.18 Å². The average Bonchev–Trinajstić information content (AvgIpc) is 2.99. The van der Waals surface area contributed by atoms with Gasteiger partial charge >= 0.3 is 15.6 Å². The summed E-state index contributed by atoms with van der Waals surface area (Å²) >= 11 is 0. The molecule has 0 saturated carbocycles. The van der Waals surface area contributed by atoms with Crippen LogP contribution in [0.5, 0.6) is 5.75 Å². The Hall–Kier alpha value is -3.66. The molecule has 3 aromatic rings. The lowest BCUT2D eigenvalue weighted by Gasteiger charge is -2.27. The van der Waals surface area contributed by atoms with Gasteiger partial charge in [-0.1, -0.05) is 60.7 Å². The fourth-order valence-electron chi connectivity index (χ4n) is 3.46. The fourth-order valence-corrected chi connectivity index (χ4v) is 3.91. The third kappa shape index (κ3) is 3.73. The molecule has 0 unspecified atom stereocenters. The van der Waals surface area contributed by atoms with Gasteiger partial charge in [0, 0.05) is 0 Å². The zero-order chi connectivity index (χ0) is 23.1. The molecule has 32 heavy (non-hydrogen) atoms. The van der Waals surface area contributed by atoms with Crippen LogP contribution in [-0.2, 0) is 10.1 Å². The molecule has 0 saturated heterocycles. The Labute approximate surface area is 181 Å². The lowest BCUT2D eigenvalue weighted by atomic mass is 9.97. The van der Waals surface area contributed by atoms with E-state index in [1.54, 1.807) is 60.7 Å². The Balaban J connectivity index is 1.76. The summed E-state index contributed by atoms with van der Waals surface area (Å²) in [5, 5.41) is 0. The summed E-state index contributed by atoms with van der Waals surface area (Å²) in [6, 6.07) is 19.5. The summed E-state index contributed by atoms with van der Waals surface area (Å²) in [5.74, 6) is -2.16. The zero-order valence-corrected chi connectivity index (χ0v) is 16.9. The van der Waals surface area contributed by atoms with Crippen molar-refractivity contribution in [3.8, 4) is 5.75 Å². The highest BCUT2D eigenvalue weighted by molar-refractivity contribution is 7.88. The highest BCUT2D eigenvalue weighted by atomic mass is 32.2. The largest absolute Gasteiger partial charge is 0.534 e. The third-order valence-corrected chi connectivity index (χ3v) is 5.85. The highest BCUT2D eigenvalue weighted by Gasteiger charge is 2.49. The van der Waals surface area contributed by atoms with Crippen LogP contribution in [0, 0.1) is 0 Å². The van der Waals surface area contributed by atoms with Gasteiger partial charge in [-0.05, 0) is 29.3 Å². The minimum atomic E-state index is -5.92. The number of benzene rings is 3. The zero-order valence-electron chi connectivity index (χ0n) is 16.1. The Morgan fingerprint density at radius 3 is 1.75 bits per heavy atom. The van der Waals surface area contributed by atoms with Crippen LogP contribution in [0.15, 0.2) is 78.9 Å². The standard InChI is InChI=1S/C22H14F3NO5S/c23-22(24,25)32(29,30)31-16-11-12-17-18(13-16)21(28)26(20(17)27)19(14-7-3-1-4-8-14)15-9-5-2-6-10-15/h1-13,19H. The van der Waals surface area contributed by atoms with Gasteiger partial charge in [-0.25, -0.2) is 0 Å². The van der Waals surface area contributed by atoms with E-state index in [2.05, 4.69) is 4.18 Å². The van der Waals surface area contributed by atoms with Gasteiger partial charge < -0.3 is 4.18 Å². The Morgan fingerprint density at radius 2 is 1.25 bits per heavy atom. The van der Waals surface area contributed by atoms with Crippen molar-refractivity contribution in [3.05, 3.63) is 101 Å². The first-order valence-corrected chi connectivity index (χ1v) is 10.6. The molecule has 4 rings (SSSR count). The predicted octanol–water partition coefficient (Wildman–Crippen LogP) is 4.30. The summed E-state index contributed by atoms with van der Waals surface area (Å²) < 4.78 is 64.6. The molecular formula is C22H14F3NO5S. The third-order valence-electron chi connectivity index (χ3n) is 4.87. The quantitative estimate of drug-likeness (QED) is 0.322. The van der Waals surface area contributed by atoms with Crippen molar-refractivity contribution in [2.24, 2.45) is 0 Å². The number of rotatable bonds is 5. The van der Waals surface area contributed by atoms with E-state index in [1.807, 2.05) is 0 Å². The molecule has 0 bridgehead atoms. The van der Waals surface area contributed by atoms with Gasteiger partial charge in [-0.2, -0.15) is 21.6 Å². The van der Waals surface area contributed by atoms with Crippen LogP contribution >= 0.6 is 0 Å². The number of nitrogens with zero attached hydrogens (tertiary/aromatic N) is 1. The molecule has 0 N–H and O–H groups in total. The topological polar surface area (TPSA) is 80.8 Å². The number of halogens is 3. The van der Waals surface area contributed by atoms with E-state index in [1.165, 1.54) is 0 Å². The number of alkyl halides is 3.